The number of anilines is 1. The van der Waals surface area contributed by atoms with Gasteiger partial charge < -0.3 is 4.90 Å². The number of benzene rings is 2. The second kappa shape index (κ2) is 9.29. The Kier molecular flexibility index (Phi) is 6.10. The molecule has 0 saturated carbocycles. The van der Waals surface area contributed by atoms with Crippen LogP contribution in [0.2, 0.25) is 0 Å². The molecule has 1 fully saturated rings. The molecule has 3 heterocycles. The summed E-state index contributed by atoms with van der Waals surface area (Å²) in [5, 5.41) is 0. The largest absolute Gasteiger partial charge is 0.347 e. The third-order valence-electron chi connectivity index (χ3n) is 9.31. The Bertz CT molecular complexity index is 1600. The van der Waals surface area contributed by atoms with E-state index >= 15 is 0 Å². The number of nitrogens with zero attached hydrogens (tertiary/aromatic N) is 3. The average Bonchev–Trinajstić information content (AvgIpc) is 3.58. The van der Waals surface area contributed by atoms with E-state index in [1.54, 1.807) is 0 Å². The molecular weight excluding hydrogens is 494 g/mol. The van der Waals surface area contributed by atoms with Gasteiger partial charge in [0.05, 0.1) is 11.1 Å². The molecule has 5 heteroatoms. The molecule has 0 radical (unpaired) electrons. The number of hydrogen-bond acceptors (Lipinski definition) is 3. The first-order chi connectivity index (χ1) is 19.0. The molecule has 0 N–H and O–H groups in total. The van der Waals surface area contributed by atoms with E-state index in [0.717, 1.165) is 29.7 Å². The summed E-state index contributed by atoms with van der Waals surface area (Å²) in [6.07, 6.45) is 10.8. The lowest BCUT2D eigenvalue weighted by molar-refractivity contribution is -0.401. The van der Waals surface area contributed by atoms with Crippen LogP contribution in [0.25, 0.3) is 0 Å². The highest BCUT2D eigenvalue weighted by Crippen LogP contribution is 2.47. The van der Waals surface area contributed by atoms with Crippen LogP contribution >= 0.6 is 0 Å². The zero-order chi connectivity index (χ0) is 28.4. The van der Waals surface area contributed by atoms with Gasteiger partial charge in [-0.2, -0.15) is 4.58 Å². The van der Waals surface area contributed by atoms with Gasteiger partial charge in [-0.3, -0.25) is 9.59 Å². The van der Waals surface area contributed by atoms with Crippen LogP contribution in [0.4, 0.5) is 11.4 Å². The summed E-state index contributed by atoms with van der Waals surface area (Å²) < 4.78 is 2.25. The van der Waals surface area contributed by atoms with Crippen molar-refractivity contribution in [3.05, 3.63) is 107 Å². The fraction of sp³-hybridized carbons (Fsp3) is 0.343. The molecule has 0 unspecified atom stereocenters. The van der Waals surface area contributed by atoms with E-state index in [4.69, 9.17) is 0 Å². The lowest BCUT2D eigenvalue weighted by atomic mass is 9.81. The van der Waals surface area contributed by atoms with Crippen LogP contribution in [0, 0.1) is 0 Å². The van der Waals surface area contributed by atoms with Gasteiger partial charge in [-0.15, -0.1) is 0 Å². The number of hydrogen-bond donors (Lipinski definition) is 0. The van der Waals surface area contributed by atoms with Gasteiger partial charge in [-0.1, -0.05) is 62.4 Å². The molecule has 3 aliphatic heterocycles. The van der Waals surface area contributed by atoms with Crippen molar-refractivity contribution < 1.29 is 14.2 Å². The smallest absolute Gasteiger partial charge is 0.234 e. The lowest BCUT2D eigenvalue weighted by Gasteiger charge is -2.24. The number of carbonyl (C=O) groups excluding carboxylic acids is 2. The van der Waals surface area contributed by atoms with E-state index < -0.39 is 0 Å². The summed E-state index contributed by atoms with van der Waals surface area (Å²) in [5.41, 5.74) is 10.0. The van der Waals surface area contributed by atoms with Gasteiger partial charge >= 0.3 is 0 Å². The van der Waals surface area contributed by atoms with E-state index in [0.29, 0.717) is 0 Å². The van der Waals surface area contributed by atoms with E-state index in [2.05, 4.69) is 124 Å². The normalized spacial score (nSPS) is 23.6. The number of carbonyl (C=O) groups is 2. The number of likely N-dealkylation sites (tertiary alicyclic amines) is 1. The highest BCUT2D eigenvalue weighted by molar-refractivity contribution is 6.05. The van der Waals surface area contributed by atoms with E-state index in [1.165, 1.54) is 38.8 Å². The van der Waals surface area contributed by atoms with Gasteiger partial charge in [-0.05, 0) is 55.5 Å². The lowest BCUT2D eigenvalue weighted by Crippen LogP contribution is -2.29. The van der Waals surface area contributed by atoms with Gasteiger partial charge in [0.15, 0.2) is 5.71 Å². The SMILES string of the molecule is CN1/C(=C/C=C2\CCC(/C=C/C3=[N+](C)c4ccccc4C3(C)C)=C2N2C(=O)CCC2=O)C(C)(C)c2ccccc21. The Morgan fingerprint density at radius 3 is 2.10 bits per heavy atom. The molecular formula is C35H38N3O2+. The van der Waals surface area contributed by atoms with E-state index in [9.17, 15) is 9.59 Å². The summed E-state index contributed by atoms with van der Waals surface area (Å²) in [6.45, 7) is 9.01. The van der Waals surface area contributed by atoms with Gasteiger partial charge in [0.1, 0.15) is 7.05 Å². The highest BCUT2D eigenvalue weighted by Gasteiger charge is 2.43. The number of fused-ring (bicyclic) bond motifs is 2. The first kappa shape index (κ1) is 26.2. The number of para-hydroxylation sites is 2. The highest BCUT2D eigenvalue weighted by atomic mass is 16.2. The molecule has 40 heavy (non-hydrogen) atoms. The Morgan fingerprint density at radius 1 is 0.775 bits per heavy atom. The van der Waals surface area contributed by atoms with Gasteiger partial charge in [0.2, 0.25) is 17.5 Å². The van der Waals surface area contributed by atoms with Crippen molar-refractivity contribution >= 4 is 28.9 Å². The maximum atomic E-state index is 13.0. The third-order valence-corrected chi connectivity index (χ3v) is 9.31. The summed E-state index contributed by atoms with van der Waals surface area (Å²) in [5.74, 6) is -0.203. The molecule has 1 aliphatic carbocycles. The summed E-state index contributed by atoms with van der Waals surface area (Å²) in [7, 11) is 4.22. The molecule has 0 spiro atoms. The quantitative estimate of drug-likeness (QED) is 0.326. The third kappa shape index (κ3) is 3.86. The van der Waals surface area contributed by atoms with Crippen molar-refractivity contribution in [2.45, 2.75) is 64.2 Å². The molecule has 5 nitrogen and oxygen atoms in total. The average molecular weight is 533 g/mol. The Labute approximate surface area is 237 Å². The molecule has 6 rings (SSSR count). The summed E-state index contributed by atoms with van der Waals surface area (Å²) in [4.78, 5) is 29.7. The number of likely N-dealkylation sites (N-methyl/N-ethyl adjacent to an activating group) is 1. The number of allylic oxidation sites excluding steroid dienone is 7. The van der Waals surface area contributed by atoms with Gasteiger partial charge in [0, 0.05) is 54.4 Å². The minimum absolute atomic E-state index is 0.101. The maximum Gasteiger partial charge on any atom is 0.234 e. The Morgan fingerprint density at radius 2 is 1.43 bits per heavy atom. The van der Waals surface area contributed by atoms with Crippen LogP contribution in [-0.2, 0) is 20.4 Å². The minimum atomic E-state index is -0.142. The van der Waals surface area contributed by atoms with Crippen molar-refractivity contribution in [1.29, 1.82) is 0 Å². The molecule has 2 amide bonds. The number of rotatable bonds is 4. The van der Waals surface area contributed by atoms with E-state index in [1.807, 2.05) is 0 Å². The van der Waals surface area contributed by atoms with Crippen molar-refractivity contribution in [2.75, 3.05) is 19.0 Å². The van der Waals surface area contributed by atoms with Crippen LogP contribution < -0.4 is 4.90 Å². The predicted molar refractivity (Wildman–Crippen MR) is 161 cm³/mol. The molecule has 204 valence electrons. The van der Waals surface area contributed by atoms with Gasteiger partial charge in [0.25, 0.3) is 0 Å². The first-order valence-corrected chi connectivity index (χ1v) is 14.3. The minimum Gasteiger partial charge on any atom is -0.347 e. The van der Waals surface area contributed by atoms with Crippen molar-refractivity contribution in [1.82, 2.24) is 4.90 Å². The monoisotopic (exact) mass is 532 g/mol. The molecule has 2 aromatic rings. The van der Waals surface area contributed by atoms with Crippen LogP contribution in [0.15, 0.2) is 95.4 Å². The van der Waals surface area contributed by atoms with Crippen molar-refractivity contribution in [3.8, 4) is 0 Å². The van der Waals surface area contributed by atoms with Gasteiger partial charge in [-0.25, -0.2) is 4.90 Å². The Hall–Kier alpha value is -3.99. The molecule has 0 aromatic heterocycles. The van der Waals surface area contributed by atoms with Crippen LogP contribution in [0.1, 0.15) is 64.5 Å². The fourth-order valence-corrected chi connectivity index (χ4v) is 7.11. The molecule has 4 aliphatic rings. The summed E-state index contributed by atoms with van der Waals surface area (Å²) >= 11 is 0. The first-order valence-electron chi connectivity index (χ1n) is 14.3. The van der Waals surface area contributed by atoms with Crippen LogP contribution in [0.3, 0.4) is 0 Å². The van der Waals surface area contributed by atoms with Crippen LogP contribution in [-0.4, -0.2) is 41.1 Å². The molecule has 0 bridgehead atoms. The zero-order valence-electron chi connectivity index (χ0n) is 24.4. The van der Waals surface area contributed by atoms with Crippen molar-refractivity contribution in [2.24, 2.45) is 0 Å². The Balaban J connectivity index is 1.42. The predicted octanol–water partition coefficient (Wildman–Crippen LogP) is 6.68. The van der Waals surface area contributed by atoms with E-state index in [-0.39, 0.29) is 35.5 Å². The van der Waals surface area contributed by atoms with Crippen molar-refractivity contribution in [3.63, 3.8) is 0 Å². The number of amides is 2. The zero-order valence-corrected chi connectivity index (χ0v) is 24.4. The standard InChI is InChI=1S/C35H38N3O2/c1-34(2)25-11-7-9-13-27(25)36(5)29(34)19-17-23-15-16-24(33(23)38-31(39)21-22-32(38)40)18-20-30-35(3,4)26-12-8-10-14-28(26)37(30)6/h7-14,17-20H,15-16,21-22H2,1-6H3/q+1. The molecule has 2 aromatic carbocycles. The number of imide groups is 1. The second-order valence-electron chi connectivity index (χ2n) is 12.4. The second-order valence-corrected chi connectivity index (χ2v) is 12.4. The maximum absolute atomic E-state index is 13.0. The fourth-order valence-electron chi connectivity index (χ4n) is 7.11. The van der Waals surface area contributed by atoms with Crippen LogP contribution in [0.5, 0.6) is 0 Å². The molecule has 1 saturated heterocycles. The topological polar surface area (TPSA) is 43.6 Å². The molecule has 0 atom stereocenters. The summed E-state index contributed by atoms with van der Waals surface area (Å²) in [6, 6.07) is 17.1.